The Bertz CT molecular complexity index is 468. The Kier molecular flexibility index (Phi) is 3.17. The number of carbonyl (C=O) groups is 1. The first-order valence-corrected chi connectivity index (χ1v) is 4.92. The molecule has 0 amide bonds. The highest BCUT2D eigenvalue weighted by atomic mass is 32.1. The van der Waals surface area contributed by atoms with Crippen LogP contribution in [0, 0.1) is 0 Å². The second-order valence-electron chi connectivity index (χ2n) is 2.67. The molecule has 9 heteroatoms. The summed E-state index contributed by atoms with van der Waals surface area (Å²) >= 11 is 1.13. The third kappa shape index (κ3) is 2.58. The van der Waals surface area contributed by atoms with Gasteiger partial charge in [-0.25, -0.2) is 4.79 Å². The van der Waals surface area contributed by atoms with Gasteiger partial charge in [0.1, 0.15) is 18.1 Å². The first kappa shape index (κ1) is 10.6. The summed E-state index contributed by atoms with van der Waals surface area (Å²) in [5, 5.41) is 19.4. The number of carboxylic acid groups (broad SMARTS) is 1. The lowest BCUT2D eigenvalue weighted by Crippen LogP contribution is -2.06. The molecule has 0 saturated heterocycles. The van der Waals surface area contributed by atoms with E-state index in [-0.39, 0.29) is 12.5 Å². The van der Waals surface area contributed by atoms with Crippen LogP contribution in [0.15, 0.2) is 10.6 Å². The van der Waals surface area contributed by atoms with Gasteiger partial charge in [0.25, 0.3) is 5.89 Å². The molecule has 0 spiro atoms. The molecule has 0 bridgehead atoms. The molecular formula is C7H6N4O4S. The summed E-state index contributed by atoms with van der Waals surface area (Å²) in [7, 11) is 0. The quantitative estimate of drug-likeness (QED) is 0.790. The van der Waals surface area contributed by atoms with Crippen LogP contribution in [0.25, 0.3) is 10.8 Å². The van der Waals surface area contributed by atoms with Gasteiger partial charge in [0.15, 0.2) is 0 Å². The van der Waals surface area contributed by atoms with Gasteiger partial charge in [-0.1, -0.05) is 4.49 Å². The Morgan fingerprint density at radius 3 is 3.12 bits per heavy atom. The normalized spacial score (nSPS) is 10.5. The minimum Gasteiger partial charge on any atom is -0.480 e. The third-order valence-electron chi connectivity index (χ3n) is 1.49. The Balaban J connectivity index is 1.95. The van der Waals surface area contributed by atoms with Crippen molar-refractivity contribution >= 4 is 17.5 Å². The van der Waals surface area contributed by atoms with Crippen molar-refractivity contribution in [3.8, 4) is 10.8 Å². The molecule has 2 aromatic rings. The first-order chi connectivity index (χ1) is 7.75. The summed E-state index contributed by atoms with van der Waals surface area (Å²) in [5.74, 6) is -0.542. The van der Waals surface area contributed by atoms with Crippen molar-refractivity contribution < 1.29 is 19.1 Å². The zero-order valence-electron chi connectivity index (χ0n) is 7.86. The number of rotatable bonds is 5. The second kappa shape index (κ2) is 4.77. The Morgan fingerprint density at radius 2 is 2.44 bits per heavy atom. The van der Waals surface area contributed by atoms with Gasteiger partial charge in [0, 0.05) is 0 Å². The molecular weight excluding hydrogens is 236 g/mol. The highest BCUT2D eigenvalue weighted by molar-refractivity contribution is 7.09. The monoisotopic (exact) mass is 242 g/mol. The lowest BCUT2D eigenvalue weighted by atomic mass is 10.6. The van der Waals surface area contributed by atoms with E-state index in [1.54, 1.807) is 0 Å². The van der Waals surface area contributed by atoms with E-state index in [9.17, 15) is 4.79 Å². The lowest BCUT2D eigenvalue weighted by Gasteiger charge is -1.94. The van der Waals surface area contributed by atoms with E-state index in [0.29, 0.717) is 10.8 Å². The van der Waals surface area contributed by atoms with Crippen LogP contribution in [-0.4, -0.2) is 37.5 Å². The van der Waals surface area contributed by atoms with Crippen LogP contribution in [0.3, 0.4) is 0 Å². The van der Waals surface area contributed by atoms with E-state index >= 15 is 0 Å². The van der Waals surface area contributed by atoms with Crippen LogP contribution in [0.4, 0.5) is 0 Å². The van der Waals surface area contributed by atoms with E-state index in [0.717, 1.165) is 11.5 Å². The van der Waals surface area contributed by atoms with Gasteiger partial charge in [0.05, 0.1) is 6.20 Å². The maximum atomic E-state index is 10.2. The van der Waals surface area contributed by atoms with Gasteiger partial charge in [0.2, 0.25) is 5.89 Å². The molecule has 8 nitrogen and oxygen atoms in total. The van der Waals surface area contributed by atoms with E-state index in [1.807, 2.05) is 0 Å². The number of ether oxygens (including phenoxy) is 1. The van der Waals surface area contributed by atoms with E-state index in [1.165, 1.54) is 6.20 Å². The van der Waals surface area contributed by atoms with Crippen LogP contribution >= 0.6 is 11.5 Å². The minimum absolute atomic E-state index is 0.0362. The maximum absolute atomic E-state index is 10.2. The van der Waals surface area contributed by atoms with Gasteiger partial charge >= 0.3 is 5.97 Å². The fourth-order valence-corrected chi connectivity index (χ4v) is 1.34. The van der Waals surface area contributed by atoms with E-state index in [4.69, 9.17) is 14.3 Å². The molecule has 2 rings (SSSR count). The van der Waals surface area contributed by atoms with E-state index in [2.05, 4.69) is 19.8 Å². The molecule has 2 heterocycles. The summed E-state index contributed by atoms with van der Waals surface area (Å²) in [6.07, 6.45) is 1.50. The molecule has 16 heavy (non-hydrogen) atoms. The predicted octanol–water partition coefficient (Wildman–Crippen LogP) is 0.189. The average molecular weight is 242 g/mol. The molecule has 0 saturated carbocycles. The van der Waals surface area contributed by atoms with Crippen molar-refractivity contribution in [3.63, 3.8) is 0 Å². The smallest absolute Gasteiger partial charge is 0.329 e. The Labute approximate surface area is 93.0 Å². The van der Waals surface area contributed by atoms with Crippen LogP contribution < -0.4 is 0 Å². The highest BCUT2D eigenvalue weighted by Crippen LogP contribution is 2.19. The molecule has 0 unspecified atom stereocenters. The summed E-state index contributed by atoms with van der Waals surface area (Å²) in [6, 6.07) is 0. The van der Waals surface area contributed by atoms with Crippen molar-refractivity contribution in [2.45, 2.75) is 6.61 Å². The summed E-state index contributed by atoms with van der Waals surface area (Å²) < 4.78 is 13.6. The van der Waals surface area contributed by atoms with Crippen molar-refractivity contribution in [3.05, 3.63) is 12.1 Å². The number of aromatic nitrogens is 4. The lowest BCUT2D eigenvalue weighted by molar-refractivity contribution is -0.142. The molecule has 0 aliphatic carbocycles. The molecule has 1 N–H and O–H groups in total. The van der Waals surface area contributed by atoms with Crippen molar-refractivity contribution in [2.75, 3.05) is 6.61 Å². The van der Waals surface area contributed by atoms with Gasteiger partial charge in [-0.05, 0) is 11.5 Å². The minimum atomic E-state index is -1.05. The second-order valence-corrected chi connectivity index (χ2v) is 3.45. The van der Waals surface area contributed by atoms with E-state index < -0.39 is 12.6 Å². The highest BCUT2D eigenvalue weighted by Gasteiger charge is 2.10. The Hall–Kier alpha value is -1.87. The standard InChI is InChI=1S/C7H6N4O4S/c12-6(13)3-14-2-5-9-10-7(15-5)4-1-8-11-16-4/h1H,2-3H2,(H,12,13). The zero-order chi connectivity index (χ0) is 11.4. The summed E-state index contributed by atoms with van der Waals surface area (Å²) in [6.45, 7) is -0.439. The molecule has 0 fully saturated rings. The van der Waals surface area contributed by atoms with Gasteiger partial charge in [-0.15, -0.1) is 15.3 Å². The fourth-order valence-electron chi connectivity index (χ4n) is 0.899. The van der Waals surface area contributed by atoms with Crippen LogP contribution in [0.2, 0.25) is 0 Å². The van der Waals surface area contributed by atoms with Gasteiger partial charge in [-0.2, -0.15) is 0 Å². The fraction of sp³-hybridized carbons (Fsp3) is 0.286. The maximum Gasteiger partial charge on any atom is 0.329 e. The van der Waals surface area contributed by atoms with Crippen molar-refractivity contribution in [1.82, 2.24) is 19.8 Å². The number of aliphatic carboxylic acids is 1. The third-order valence-corrected chi connectivity index (χ3v) is 2.14. The molecule has 0 radical (unpaired) electrons. The molecule has 0 aromatic carbocycles. The topological polar surface area (TPSA) is 111 Å². The van der Waals surface area contributed by atoms with Gasteiger partial charge in [-0.3, -0.25) is 0 Å². The van der Waals surface area contributed by atoms with Crippen molar-refractivity contribution in [2.24, 2.45) is 0 Å². The largest absolute Gasteiger partial charge is 0.480 e. The number of hydrogen-bond donors (Lipinski definition) is 1. The molecule has 84 valence electrons. The van der Waals surface area contributed by atoms with Crippen LogP contribution in [0.5, 0.6) is 0 Å². The Morgan fingerprint density at radius 1 is 1.56 bits per heavy atom. The SMILES string of the molecule is O=C(O)COCc1nnc(-c2cnns2)o1. The average Bonchev–Trinajstić information content (AvgIpc) is 2.85. The predicted molar refractivity (Wildman–Crippen MR) is 50.5 cm³/mol. The van der Waals surface area contributed by atoms with Crippen molar-refractivity contribution in [1.29, 1.82) is 0 Å². The number of carboxylic acids is 1. The van der Waals surface area contributed by atoms with Crippen LogP contribution in [0.1, 0.15) is 5.89 Å². The number of nitrogens with zero attached hydrogens (tertiary/aromatic N) is 4. The first-order valence-electron chi connectivity index (χ1n) is 4.15. The van der Waals surface area contributed by atoms with Crippen LogP contribution in [-0.2, 0) is 16.1 Å². The molecule has 2 aromatic heterocycles. The zero-order valence-corrected chi connectivity index (χ0v) is 8.68. The molecule has 0 aliphatic heterocycles. The number of hydrogen-bond acceptors (Lipinski definition) is 8. The summed E-state index contributed by atoms with van der Waals surface area (Å²) in [4.78, 5) is 10.8. The molecule has 0 aliphatic rings. The molecule has 0 atom stereocenters. The summed E-state index contributed by atoms with van der Waals surface area (Å²) in [5.41, 5.74) is 0. The van der Waals surface area contributed by atoms with Gasteiger partial charge < -0.3 is 14.3 Å².